The third-order valence-corrected chi connectivity index (χ3v) is 3.05. The Morgan fingerprint density at radius 2 is 2.14 bits per heavy atom. The first-order valence-corrected chi connectivity index (χ1v) is 6.53. The Morgan fingerprint density at radius 1 is 1.38 bits per heavy atom. The van der Waals surface area contributed by atoms with Crippen LogP contribution in [0.3, 0.4) is 0 Å². The number of anilines is 1. The predicted molar refractivity (Wildman–Crippen MR) is 76.2 cm³/mol. The number of aryl methyl sites for hydroxylation is 2. The van der Waals surface area contributed by atoms with Crippen LogP contribution >= 0.6 is 0 Å². The third kappa shape index (κ3) is 3.44. The number of aromatic nitrogens is 3. The maximum absolute atomic E-state index is 12.2. The molecule has 0 saturated heterocycles. The summed E-state index contributed by atoms with van der Waals surface area (Å²) in [6.45, 7) is 3.59. The van der Waals surface area contributed by atoms with Crippen LogP contribution < -0.4 is 5.32 Å². The van der Waals surface area contributed by atoms with Crippen molar-refractivity contribution in [2.75, 3.05) is 5.32 Å². The van der Waals surface area contributed by atoms with Crippen LogP contribution in [0.25, 0.3) is 0 Å². The summed E-state index contributed by atoms with van der Waals surface area (Å²) in [5.41, 5.74) is 2.83. The molecule has 1 heterocycles. The lowest BCUT2D eigenvalue weighted by Gasteiger charge is -2.11. The molecule has 0 fully saturated rings. The van der Waals surface area contributed by atoms with Gasteiger partial charge in [0.2, 0.25) is 0 Å². The molecule has 0 aliphatic carbocycles. The van der Waals surface area contributed by atoms with E-state index >= 15 is 0 Å². The number of hydrogen-bond donors (Lipinski definition) is 2. The molecule has 0 spiro atoms. The van der Waals surface area contributed by atoms with E-state index in [1.165, 1.54) is 6.20 Å². The molecule has 7 nitrogen and oxygen atoms in total. The first kappa shape index (κ1) is 14.7. The van der Waals surface area contributed by atoms with E-state index in [4.69, 9.17) is 5.11 Å². The molecule has 2 rings (SSSR count). The second kappa shape index (κ2) is 6.17. The van der Waals surface area contributed by atoms with Gasteiger partial charge in [-0.3, -0.25) is 9.59 Å². The quantitative estimate of drug-likeness (QED) is 0.868. The van der Waals surface area contributed by atoms with Crippen molar-refractivity contribution in [2.24, 2.45) is 0 Å². The van der Waals surface area contributed by atoms with Crippen LogP contribution in [0.4, 0.5) is 5.69 Å². The molecule has 21 heavy (non-hydrogen) atoms. The number of nitrogens with zero attached hydrogens (tertiary/aromatic N) is 3. The standard InChI is InChI=1S/C14H16N4O3/c1-3-10-6-4-5-9(2)13(10)15-14(21)11-7-18(17-16-11)8-12(19)20/h4-7H,3,8H2,1-2H3,(H,15,21)(H,19,20). The van der Waals surface area contributed by atoms with Gasteiger partial charge in [0.1, 0.15) is 6.54 Å². The fourth-order valence-electron chi connectivity index (χ4n) is 2.00. The molecule has 2 N–H and O–H groups in total. The van der Waals surface area contributed by atoms with Crippen LogP contribution in [-0.4, -0.2) is 32.0 Å². The van der Waals surface area contributed by atoms with Gasteiger partial charge < -0.3 is 10.4 Å². The fourth-order valence-corrected chi connectivity index (χ4v) is 2.00. The highest BCUT2D eigenvalue weighted by molar-refractivity contribution is 6.03. The van der Waals surface area contributed by atoms with Crippen LogP contribution in [0.2, 0.25) is 0 Å². The lowest BCUT2D eigenvalue weighted by molar-refractivity contribution is -0.137. The van der Waals surface area contributed by atoms with Crippen LogP contribution in [0.1, 0.15) is 28.5 Å². The second-order valence-electron chi connectivity index (χ2n) is 4.61. The van der Waals surface area contributed by atoms with Crippen molar-refractivity contribution < 1.29 is 14.7 Å². The Morgan fingerprint density at radius 3 is 2.81 bits per heavy atom. The van der Waals surface area contributed by atoms with E-state index in [0.29, 0.717) is 0 Å². The number of benzene rings is 1. The largest absolute Gasteiger partial charge is 0.480 e. The average Bonchev–Trinajstić information content (AvgIpc) is 2.88. The molecule has 1 aromatic carbocycles. The first-order chi connectivity index (χ1) is 10.0. The molecular weight excluding hydrogens is 272 g/mol. The number of carbonyl (C=O) groups excluding carboxylic acids is 1. The second-order valence-corrected chi connectivity index (χ2v) is 4.61. The molecule has 1 aromatic heterocycles. The topological polar surface area (TPSA) is 97.1 Å². The van der Waals surface area contributed by atoms with Gasteiger partial charge in [-0.2, -0.15) is 0 Å². The SMILES string of the molecule is CCc1cccc(C)c1NC(=O)c1cn(CC(=O)O)nn1. The normalized spacial score (nSPS) is 10.4. The Balaban J connectivity index is 2.18. The summed E-state index contributed by atoms with van der Waals surface area (Å²) >= 11 is 0. The van der Waals surface area contributed by atoms with Crippen LogP contribution in [0.15, 0.2) is 24.4 Å². The lowest BCUT2D eigenvalue weighted by Crippen LogP contribution is -2.15. The molecule has 0 aliphatic heterocycles. The number of carbonyl (C=O) groups is 2. The molecule has 110 valence electrons. The van der Waals surface area contributed by atoms with Crippen molar-refractivity contribution in [3.8, 4) is 0 Å². The predicted octanol–water partition coefficient (Wildman–Crippen LogP) is 1.49. The summed E-state index contributed by atoms with van der Waals surface area (Å²) in [5.74, 6) is -1.45. The minimum absolute atomic E-state index is 0.0848. The van der Waals surface area contributed by atoms with Crippen molar-refractivity contribution in [2.45, 2.75) is 26.8 Å². The van der Waals surface area contributed by atoms with Gasteiger partial charge in [0.05, 0.1) is 6.20 Å². The molecule has 0 radical (unpaired) electrons. The number of para-hydroxylation sites is 1. The summed E-state index contributed by atoms with van der Waals surface area (Å²) in [6.07, 6.45) is 2.11. The number of carboxylic acids is 1. The highest BCUT2D eigenvalue weighted by atomic mass is 16.4. The highest BCUT2D eigenvalue weighted by Gasteiger charge is 2.14. The van der Waals surface area contributed by atoms with E-state index in [0.717, 1.165) is 27.9 Å². The summed E-state index contributed by atoms with van der Waals surface area (Å²) in [4.78, 5) is 22.7. The summed E-state index contributed by atoms with van der Waals surface area (Å²) < 4.78 is 1.11. The zero-order chi connectivity index (χ0) is 15.4. The Hall–Kier alpha value is -2.70. The Kier molecular flexibility index (Phi) is 4.32. The Labute approximate surface area is 121 Å². The highest BCUT2D eigenvalue weighted by Crippen LogP contribution is 2.21. The lowest BCUT2D eigenvalue weighted by atomic mass is 10.1. The van der Waals surface area contributed by atoms with Crippen LogP contribution in [-0.2, 0) is 17.8 Å². The van der Waals surface area contributed by atoms with E-state index < -0.39 is 11.9 Å². The van der Waals surface area contributed by atoms with E-state index in [9.17, 15) is 9.59 Å². The fraction of sp³-hybridized carbons (Fsp3) is 0.286. The minimum Gasteiger partial charge on any atom is -0.480 e. The van der Waals surface area contributed by atoms with E-state index in [2.05, 4.69) is 15.6 Å². The smallest absolute Gasteiger partial charge is 0.325 e. The number of hydrogen-bond acceptors (Lipinski definition) is 4. The zero-order valence-electron chi connectivity index (χ0n) is 11.8. The van der Waals surface area contributed by atoms with Gasteiger partial charge in [0.15, 0.2) is 5.69 Å². The summed E-state index contributed by atoms with van der Waals surface area (Å²) in [6, 6.07) is 5.80. The van der Waals surface area contributed by atoms with Gasteiger partial charge in [-0.15, -0.1) is 5.10 Å². The van der Waals surface area contributed by atoms with Crippen molar-refractivity contribution in [1.82, 2.24) is 15.0 Å². The number of carboxylic acid groups (broad SMARTS) is 1. The maximum atomic E-state index is 12.2. The monoisotopic (exact) mass is 288 g/mol. The van der Waals surface area contributed by atoms with E-state index in [1.807, 2.05) is 32.0 Å². The number of aliphatic carboxylic acids is 1. The Bertz CT molecular complexity index is 679. The van der Waals surface area contributed by atoms with Gasteiger partial charge in [0, 0.05) is 5.69 Å². The van der Waals surface area contributed by atoms with Crippen LogP contribution in [0.5, 0.6) is 0 Å². The maximum Gasteiger partial charge on any atom is 0.325 e. The van der Waals surface area contributed by atoms with Gasteiger partial charge in [-0.05, 0) is 24.5 Å². The van der Waals surface area contributed by atoms with Gasteiger partial charge in [-0.25, -0.2) is 4.68 Å². The van der Waals surface area contributed by atoms with Crippen molar-refractivity contribution in [3.05, 3.63) is 41.2 Å². The minimum atomic E-state index is -1.04. The molecule has 0 aliphatic rings. The molecule has 0 unspecified atom stereocenters. The molecule has 7 heteroatoms. The van der Waals surface area contributed by atoms with Crippen molar-refractivity contribution in [3.63, 3.8) is 0 Å². The van der Waals surface area contributed by atoms with Crippen LogP contribution in [0, 0.1) is 6.92 Å². The number of amides is 1. The number of nitrogens with one attached hydrogen (secondary N) is 1. The zero-order valence-corrected chi connectivity index (χ0v) is 11.8. The molecule has 0 atom stereocenters. The summed E-state index contributed by atoms with van der Waals surface area (Å²) in [7, 11) is 0. The molecule has 0 bridgehead atoms. The first-order valence-electron chi connectivity index (χ1n) is 6.53. The van der Waals surface area contributed by atoms with E-state index in [1.54, 1.807) is 0 Å². The third-order valence-electron chi connectivity index (χ3n) is 3.05. The molecule has 0 saturated carbocycles. The summed E-state index contributed by atoms with van der Waals surface area (Å²) in [5, 5.41) is 18.8. The van der Waals surface area contributed by atoms with E-state index in [-0.39, 0.29) is 12.2 Å². The van der Waals surface area contributed by atoms with Crippen molar-refractivity contribution >= 4 is 17.6 Å². The molecule has 2 aromatic rings. The molecule has 1 amide bonds. The van der Waals surface area contributed by atoms with Gasteiger partial charge in [0.25, 0.3) is 5.91 Å². The average molecular weight is 288 g/mol. The van der Waals surface area contributed by atoms with Gasteiger partial charge in [-0.1, -0.05) is 30.3 Å². The van der Waals surface area contributed by atoms with Crippen molar-refractivity contribution in [1.29, 1.82) is 0 Å². The van der Waals surface area contributed by atoms with Gasteiger partial charge >= 0.3 is 5.97 Å². The molecular formula is C14H16N4O3. The number of rotatable bonds is 5.